The molecule has 0 fully saturated rings. The molecule has 5 nitrogen and oxygen atoms in total. The molecule has 0 N–H and O–H groups in total. The van der Waals surface area contributed by atoms with Crippen LogP contribution in [0, 0.1) is 0 Å². The van der Waals surface area contributed by atoms with Crippen molar-refractivity contribution in [2.24, 2.45) is 0 Å². The van der Waals surface area contributed by atoms with Crippen molar-refractivity contribution in [2.75, 3.05) is 0 Å². The van der Waals surface area contributed by atoms with Gasteiger partial charge in [0.1, 0.15) is 15.8 Å². The standard InChI is InChI=1S/C9H10Br2N4O/c1-5(2)9-12-8(14-16-9)4-15-7(11)3-6(10)13-15/h3,5H,4H2,1-2H3. The molecule has 0 spiro atoms. The highest BCUT2D eigenvalue weighted by Gasteiger charge is 2.12. The van der Waals surface area contributed by atoms with Gasteiger partial charge in [-0.05, 0) is 31.9 Å². The lowest BCUT2D eigenvalue weighted by Gasteiger charge is -1.97. The second-order valence-corrected chi connectivity index (χ2v) is 5.28. The summed E-state index contributed by atoms with van der Waals surface area (Å²) in [5.74, 6) is 1.52. The highest BCUT2D eigenvalue weighted by Crippen LogP contribution is 2.18. The molecule has 2 heterocycles. The van der Waals surface area contributed by atoms with Gasteiger partial charge in [-0.2, -0.15) is 10.1 Å². The van der Waals surface area contributed by atoms with Crippen LogP contribution >= 0.6 is 31.9 Å². The van der Waals surface area contributed by atoms with E-state index in [-0.39, 0.29) is 5.92 Å². The Labute approximate surface area is 109 Å². The van der Waals surface area contributed by atoms with E-state index in [1.54, 1.807) is 4.68 Å². The molecule has 16 heavy (non-hydrogen) atoms. The molecule has 0 aromatic carbocycles. The molecular weight excluding hydrogens is 340 g/mol. The van der Waals surface area contributed by atoms with Crippen LogP contribution in [-0.2, 0) is 6.54 Å². The summed E-state index contributed by atoms with van der Waals surface area (Å²) in [6, 6.07) is 1.86. The third-order valence-corrected chi connectivity index (χ3v) is 3.00. The fourth-order valence-corrected chi connectivity index (χ4v) is 2.31. The Balaban J connectivity index is 2.17. The summed E-state index contributed by atoms with van der Waals surface area (Å²) in [5.41, 5.74) is 0. The third kappa shape index (κ3) is 2.52. The Kier molecular flexibility index (Phi) is 3.44. The molecule has 0 saturated carbocycles. The van der Waals surface area contributed by atoms with Gasteiger partial charge >= 0.3 is 0 Å². The van der Waals surface area contributed by atoms with Gasteiger partial charge in [0, 0.05) is 12.0 Å². The van der Waals surface area contributed by atoms with Gasteiger partial charge in [0.2, 0.25) is 5.89 Å². The van der Waals surface area contributed by atoms with Crippen LogP contribution in [0.4, 0.5) is 0 Å². The second kappa shape index (κ2) is 4.67. The van der Waals surface area contributed by atoms with Gasteiger partial charge in [0.25, 0.3) is 0 Å². The minimum Gasteiger partial charge on any atom is -0.339 e. The quantitative estimate of drug-likeness (QED) is 0.854. The van der Waals surface area contributed by atoms with E-state index in [1.807, 2.05) is 19.9 Å². The van der Waals surface area contributed by atoms with Crippen molar-refractivity contribution in [3.05, 3.63) is 27.0 Å². The van der Waals surface area contributed by atoms with E-state index in [9.17, 15) is 0 Å². The minimum atomic E-state index is 0.244. The normalized spacial score (nSPS) is 11.3. The van der Waals surface area contributed by atoms with Crippen molar-refractivity contribution in [2.45, 2.75) is 26.3 Å². The highest BCUT2D eigenvalue weighted by atomic mass is 79.9. The van der Waals surface area contributed by atoms with Crippen molar-refractivity contribution < 1.29 is 4.52 Å². The summed E-state index contributed by atoms with van der Waals surface area (Å²) in [4.78, 5) is 4.28. The number of hydrogen-bond donors (Lipinski definition) is 0. The van der Waals surface area contributed by atoms with Crippen LogP contribution in [0.1, 0.15) is 31.5 Å². The van der Waals surface area contributed by atoms with Crippen molar-refractivity contribution in [1.29, 1.82) is 0 Å². The SMILES string of the molecule is CC(C)c1nc(Cn2nc(Br)cc2Br)no1. The molecule has 0 amide bonds. The Morgan fingerprint density at radius 3 is 2.69 bits per heavy atom. The predicted molar refractivity (Wildman–Crippen MR) is 65.1 cm³/mol. The van der Waals surface area contributed by atoms with E-state index in [0.29, 0.717) is 18.3 Å². The molecule has 7 heteroatoms. The summed E-state index contributed by atoms with van der Waals surface area (Å²) in [5, 5.41) is 8.12. The molecule has 2 aromatic rings. The largest absolute Gasteiger partial charge is 0.339 e. The first-order valence-electron chi connectivity index (χ1n) is 4.77. The minimum absolute atomic E-state index is 0.244. The third-order valence-electron chi connectivity index (χ3n) is 1.97. The summed E-state index contributed by atoms with van der Waals surface area (Å²) in [7, 11) is 0. The molecule has 0 saturated heterocycles. The lowest BCUT2D eigenvalue weighted by atomic mass is 10.2. The van der Waals surface area contributed by atoms with Gasteiger partial charge in [-0.15, -0.1) is 0 Å². The summed E-state index contributed by atoms with van der Waals surface area (Å²) in [6.07, 6.45) is 0. The average Bonchev–Trinajstić information content (AvgIpc) is 2.75. The zero-order valence-corrected chi connectivity index (χ0v) is 12.0. The van der Waals surface area contributed by atoms with E-state index in [2.05, 4.69) is 47.1 Å². The first-order valence-corrected chi connectivity index (χ1v) is 6.36. The zero-order valence-electron chi connectivity index (χ0n) is 8.81. The summed E-state index contributed by atoms with van der Waals surface area (Å²) in [6.45, 7) is 4.51. The molecule has 0 aliphatic rings. The van der Waals surface area contributed by atoms with Crippen LogP contribution in [-0.4, -0.2) is 19.9 Å². The lowest BCUT2D eigenvalue weighted by molar-refractivity contribution is 0.359. The van der Waals surface area contributed by atoms with Crippen LogP contribution in [0.5, 0.6) is 0 Å². The van der Waals surface area contributed by atoms with E-state index in [0.717, 1.165) is 9.21 Å². The van der Waals surface area contributed by atoms with Crippen molar-refractivity contribution in [1.82, 2.24) is 19.9 Å². The predicted octanol–water partition coefficient (Wildman–Crippen LogP) is 2.96. The van der Waals surface area contributed by atoms with Crippen LogP contribution in [0.3, 0.4) is 0 Å². The van der Waals surface area contributed by atoms with Crippen molar-refractivity contribution in [3.63, 3.8) is 0 Å². The van der Waals surface area contributed by atoms with E-state index < -0.39 is 0 Å². The molecule has 2 rings (SSSR count). The summed E-state index contributed by atoms with van der Waals surface area (Å²) < 4.78 is 8.51. The molecule has 0 bridgehead atoms. The number of nitrogens with zero attached hydrogens (tertiary/aromatic N) is 4. The van der Waals surface area contributed by atoms with Crippen LogP contribution in [0.25, 0.3) is 0 Å². The van der Waals surface area contributed by atoms with Crippen molar-refractivity contribution in [3.8, 4) is 0 Å². The molecular formula is C9H10Br2N4O. The maximum atomic E-state index is 5.12. The fourth-order valence-electron chi connectivity index (χ4n) is 1.18. The van der Waals surface area contributed by atoms with Gasteiger partial charge < -0.3 is 4.52 Å². The van der Waals surface area contributed by atoms with Crippen LogP contribution < -0.4 is 0 Å². The first kappa shape index (κ1) is 11.8. The van der Waals surface area contributed by atoms with E-state index in [4.69, 9.17) is 4.52 Å². The molecule has 0 aliphatic heterocycles. The topological polar surface area (TPSA) is 56.7 Å². The van der Waals surface area contributed by atoms with Gasteiger partial charge in [-0.25, -0.2) is 4.68 Å². The lowest BCUT2D eigenvalue weighted by Crippen LogP contribution is -2.03. The van der Waals surface area contributed by atoms with Crippen LogP contribution in [0.2, 0.25) is 0 Å². The number of aromatic nitrogens is 4. The fraction of sp³-hybridized carbons (Fsp3) is 0.444. The van der Waals surface area contributed by atoms with Crippen LogP contribution in [0.15, 0.2) is 19.8 Å². The molecule has 2 aromatic heterocycles. The Hall–Kier alpha value is -0.690. The maximum Gasteiger partial charge on any atom is 0.229 e. The molecule has 0 unspecified atom stereocenters. The first-order chi connectivity index (χ1) is 7.56. The average molecular weight is 350 g/mol. The Morgan fingerprint density at radius 2 is 2.19 bits per heavy atom. The highest BCUT2D eigenvalue weighted by molar-refractivity contribution is 9.11. The van der Waals surface area contributed by atoms with E-state index >= 15 is 0 Å². The smallest absolute Gasteiger partial charge is 0.229 e. The molecule has 86 valence electrons. The number of hydrogen-bond acceptors (Lipinski definition) is 4. The maximum absolute atomic E-state index is 5.12. The molecule has 0 atom stereocenters. The Bertz CT molecular complexity index is 491. The monoisotopic (exact) mass is 348 g/mol. The zero-order chi connectivity index (χ0) is 11.7. The summed E-state index contributed by atoms with van der Waals surface area (Å²) >= 11 is 6.69. The van der Waals surface area contributed by atoms with Crippen molar-refractivity contribution >= 4 is 31.9 Å². The number of rotatable bonds is 3. The van der Waals surface area contributed by atoms with Gasteiger partial charge in [-0.1, -0.05) is 19.0 Å². The van der Waals surface area contributed by atoms with E-state index in [1.165, 1.54) is 0 Å². The van der Waals surface area contributed by atoms with Gasteiger partial charge in [0.15, 0.2) is 5.82 Å². The molecule has 0 radical (unpaired) electrons. The Morgan fingerprint density at radius 1 is 1.44 bits per heavy atom. The van der Waals surface area contributed by atoms with Gasteiger partial charge in [0.05, 0.1) is 0 Å². The van der Waals surface area contributed by atoms with Gasteiger partial charge in [-0.3, -0.25) is 0 Å². The second-order valence-electron chi connectivity index (χ2n) is 3.65. The molecule has 0 aliphatic carbocycles. The number of halogens is 2.